The average Bonchev–Trinajstić information content (AvgIpc) is 3.12. The second-order valence-electron chi connectivity index (χ2n) is 4.78. The van der Waals surface area contributed by atoms with Crippen molar-refractivity contribution in [2.45, 2.75) is 4.90 Å². The molecule has 0 spiro atoms. The summed E-state index contributed by atoms with van der Waals surface area (Å²) in [5, 5.41) is 10.2. The van der Waals surface area contributed by atoms with Crippen molar-refractivity contribution in [1.82, 2.24) is 5.01 Å². The van der Waals surface area contributed by atoms with E-state index >= 15 is 0 Å². The van der Waals surface area contributed by atoms with Gasteiger partial charge in [-0.1, -0.05) is 24.0 Å². The van der Waals surface area contributed by atoms with Crippen LogP contribution in [0.5, 0.6) is 0 Å². The van der Waals surface area contributed by atoms with E-state index in [1.807, 2.05) is 0 Å². The average molecular weight is 381 g/mol. The first-order valence-electron chi connectivity index (χ1n) is 6.61. The van der Waals surface area contributed by atoms with Crippen LogP contribution in [0.4, 0.5) is 0 Å². The Labute approximate surface area is 147 Å². The number of primary sulfonamides is 1. The molecule has 0 bridgehead atoms. The molecule has 0 radical (unpaired) electrons. The molecule has 2 heterocycles. The van der Waals surface area contributed by atoms with Crippen LogP contribution in [-0.4, -0.2) is 35.6 Å². The van der Waals surface area contributed by atoms with Crippen LogP contribution in [0.3, 0.4) is 0 Å². The molecule has 1 aliphatic heterocycles. The molecule has 124 valence electrons. The lowest BCUT2D eigenvalue weighted by Crippen LogP contribution is -2.22. The molecule has 0 saturated carbocycles. The first-order valence-corrected chi connectivity index (χ1v) is 9.55. The lowest BCUT2D eigenvalue weighted by atomic mass is 10.2. The molecule has 0 aliphatic carbocycles. The van der Waals surface area contributed by atoms with E-state index in [1.54, 1.807) is 24.3 Å². The number of nitrogens with two attached hydrogens (primary N) is 1. The molecule has 3 rings (SSSR count). The molecule has 10 heteroatoms. The largest absolute Gasteiger partial charge is 0.455 e. The highest BCUT2D eigenvalue weighted by atomic mass is 32.2. The molecule has 0 unspecified atom stereocenters. The fourth-order valence-corrected chi connectivity index (χ4v) is 3.44. The summed E-state index contributed by atoms with van der Waals surface area (Å²) >= 11 is 6.28. The molecule has 2 aromatic rings. The Morgan fingerprint density at radius 3 is 2.54 bits per heavy atom. The summed E-state index contributed by atoms with van der Waals surface area (Å²) in [5.74, 6) is 1.08. The van der Waals surface area contributed by atoms with Gasteiger partial charge in [0.2, 0.25) is 10.0 Å². The third-order valence-corrected chi connectivity index (χ3v) is 5.39. The van der Waals surface area contributed by atoms with Crippen molar-refractivity contribution < 1.29 is 17.6 Å². The number of carbonyl (C=O) groups excluding carboxylic acids is 1. The van der Waals surface area contributed by atoms with E-state index < -0.39 is 10.0 Å². The second kappa shape index (κ2) is 6.48. The van der Waals surface area contributed by atoms with Gasteiger partial charge in [-0.05, 0) is 36.4 Å². The lowest BCUT2D eigenvalue weighted by molar-refractivity contribution is -0.123. The van der Waals surface area contributed by atoms with Crippen LogP contribution in [0.25, 0.3) is 11.3 Å². The first kappa shape index (κ1) is 16.8. The van der Waals surface area contributed by atoms with E-state index in [-0.39, 0.29) is 16.6 Å². The number of thioether (sulfide) groups is 1. The molecule has 1 amide bonds. The van der Waals surface area contributed by atoms with Crippen molar-refractivity contribution in [1.29, 1.82) is 0 Å². The van der Waals surface area contributed by atoms with Crippen molar-refractivity contribution in [3.63, 3.8) is 0 Å². The number of furan rings is 1. The zero-order chi connectivity index (χ0) is 17.3. The highest BCUT2D eigenvalue weighted by molar-refractivity contribution is 8.23. The fourth-order valence-electron chi connectivity index (χ4n) is 1.96. The summed E-state index contributed by atoms with van der Waals surface area (Å²) in [7, 11) is -3.73. The molecular weight excluding hydrogens is 370 g/mol. The van der Waals surface area contributed by atoms with Crippen LogP contribution in [0.1, 0.15) is 5.76 Å². The molecule has 1 saturated heterocycles. The maximum absolute atomic E-state index is 11.6. The first-order chi connectivity index (χ1) is 11.3. The summed E-state index contributed by atoms with van der Waals surface area (Å²) in [4.78, 5) is 11.6. The number of sulfonamides is 1. The maximum Gasteiger partial charge on any atom is 0.259 e. The van der Waals surface area contributed by atoms with Crippen LogP contribution in [0.15, 0.2) is 50.8 Å². The molecule has 7 nitrogen and oxygen atoms in total. The molecule has 24 heavy (non-hydrogen) atoms. The Morgan fingerprint density at radius 1 is 1.25 bits per heavy atom. The van der Waals surface area contributed by atoms with Crippen LogP contribution in [0.2, 0.25) is 0 Å². The Morgan fingerprint density at radius 2 is 1.96 bits per heavy atom. The minimum Gasteiger partial charge on any atom is -0.455 e. The molecule has 0 atom stereocenters. The van der Waals surface area contributed by atoms with Gasteiger partial charge in [-0.2, -0.15) is 10.1 Å². The Kier molecular flexibility index (Phi) is 4.54. The van der Waals surface area contributed by atoms with E-state index in [1.165, 1.54) is 30.1 Å². The summed E-state index contributed by atoms with van der Waals surface area (Å²) in [6.07, 6.45) is 1.40. The fraction of sp³-hybridized carbons (Fsp3) is 0.0714. The van der Waals surface area contributed by atoms with Crippen molar-refractivity contribution in [2.24, 2.45) is 10.2 Å². The monoisotopic (exact) mass is 381 g/mol. The number of hydrogen-bond donors (Lipinski definition) is 1. The number of benzene rings is 1. The van der Waals surface area contributed by atoms with Crippen LogP contribution in [0, 0.1) is 0 Å². The van der Waals surface area contributed by atoms with Gasteiger partial charge in [-0.3, -0.25) is 4.79 Å². The lowest BCUT2D eigenvalue weighted by Gasteiger charge is -2.05. The van der Waals surface area contributed by atoms with Gasteiger partial charge >= 0.3 is 0 Å². The number of carbonyl (C=O) groups is 1. The van der Waals surface area contributed by atoms with Gasteiger partial charge in [0.05, 0.1) is 16.9 Å². The number of thiocarbonyl (C=S) groups is 1. The van der Waals surface area contributed by atoms with E-state index in [0.717, 1.165) is 5.01 Å². The standard InChI is InChI=1S/C14H11N3O4S3/c15-24(19,20)11-4-1-9(2-5-11)12-6-3-10(21-12)7-16-17-13(18)8-23-14(17)22/h1-7H,8H2,(H2,15,19,20). The molecular formula is C14H11N3O4S3. The van der Waals surface area contributed by atoms with Gasteiger partial charge in [0.1, 0.15) is 11.5 Å². The Bertz CT molecular complexity index is 916. The number of nitrogens with zero attached hydrogens (tertiary/aromatic N) is 2. The molecule has 1 aromatic carbocycles. The van der Waals surface area contributed by atoms with E-state index in [4.69, 9.17) is 21.8 Å². The Balaban J connectivity index is 1.78. The number of rotatable bonds is 4. The third-order valence-electron chi connectivity index (χ3n) is 3.12. The van der Waals surface area contributed by atoms with Crippen LogP contribution in [-0.2, 0) is 14.8 Å². The predicted octanol–water partition coefficient (Wildman–Crippen LogP) is 1.79. The van der Waals surface area contributed by atoms with Crippen molar-refractivity contribution in [3.05, 3.63) is 42.2 Å². The van der Waals surface area contributed by atoms with E-state index in [2.05, 4.69) is 5.10 Å². The van der Waals surface area contributed by atoms with Gasteiger partial charge < -0.3 is 4.42 Å². The number of hydrazone groups is 1. The molecule has 2 N–H and O–H groups in total. The molecule has 1 aromatic heterocycles. The summed E-state index contributed by atoms with van der Waals surface area (Å²) in [6.45, 7) is 0. The number of hydrogen-bond acceptors (Lipinski definition) is 7. The zero-order valence-electron chi connectivity index (χ0n) is 12.1. The van der Waals surface area contributed by atoms with E-state index in [0.29, 0.717) is 21.4 Å². The normalized spacial score (nSPS) is 15.6. The summed E-state index contributed by atoms with van der Waals surface area (Å²) in [6, 6.07) is 9.39. The topological polar surface area (TPSA) is 106 Å². The van der Waals surface area contributed by atoms with Gasteiger partial charge in [-0.25, -0.2) is 13.6 Å². The summed E-state index contributed by atoms with van der Waals surface area (Å²) in [5.41, 5.74) is 0.686. The van der Waals surface area contributed by atoms with Crippen molar-refractivity contribution >= 4 is 50.4 Å². The predicted molar refractivity (Wildman–Crippen MR) is 95.0 cm³/mol. The van der Waals surface area contributed by atoms with E-state index in [9.17, 15) is 13.2 Å². The summed E-state index contributed by atoms with van der Waals surface area (Å²) < 4.78 is 28.5. The van der Waals surface area contributed by atoms with Crippen LogP contribution < -0.4 is 5.14 Å². The van der Waals surface area contributed by atoms with Gasteiger partial charge in [0, 0.05) is 5.56 Å². The van der Waals surface area contributed by atoms with Gasteiger partial charge in [0.25, 0.3) is 5.91 Å². The minimum absolute atomic E-state index is 0.0261. The highest BCUT2D eigenvalue weighted by Gasteiger charge is 2.26. The van der Waals surface area contributed by atoms with Gasteiger partial charge in [0.15, 0.2) is 4.32 Å². The maximum atomic E-state index is 11.6. The second-order valence-corrected chi connectivity index (χ2v) is 7.95. The quantitative estimate of drug-likeness (QED) is 0.639. The van der Waals surface area contributed by atoms with Crippen molar-refractivity contribution in [3.8, 4) is 11.3 Å². The SMILES string of the molecule is NS(=O)(=O)c1ccc(-c2ccc(C=NN3C(=O)CSC3=S)o2)cc1. The third kappa shape index (κ3) is 3.56. The smallest absolute Gasteiger partial charge is 0.259 e. The van der Waals surface area contributed by atoms with Crippen LogP contribution >= 0.6 is 24.0 Å². The Hall–Kier alpha value is -2.01. The minimum atomic E-state index is -3.73. The molecule has 1 aliphatic rings. The van der Waals surface area contributed by atoms with Gasteiger partial charge in [-0.15, -0.1) is 0 Å². The molecule has 1 fully saturated rings. The van der Waals surface area contributed by atoms with Crippen molar-refractivity contribution in [2.75, 3.05) is 5.75 Å². The highest BCUT2D eigenvalue weighted by Crippen LogP contribution is 2.23. The number of amides is 1. The zero-order valence-corrected chi connectivity index (χ0v) is 14.5.